The molecule has 0 radical (unpaired) electrons. The van der Waals surface area contributed by atoms with Gasteiger partial charge in [-0.05, 0) is 64.0 Å². The van der Waals surface area contributed by atoms with Gasteiger partial charge < -0.3 is 56.8 Å². The van der Waals surface area contributed by atoms with Crippen LogP contribution in [-0.2, 0) is 66.4 Å². The molecule has 5 saturated heterocycles. The number of halogens is 3. The minimum absolute atomic E-state index is 0.0165. The Hall–Kier alpha value is -2.94. The fraction of sp³-hybridized carbons (Fsp3) is 0.795. The number of benzene rings is 1. The summed E-state index contributed by atoms with van der Waals surface area (Å²) < 4.78 is 120. The van der Waals surface area contributed by atoms with Crippen LogP contribution in [0.2, 0.25) is 0 Å². The number of carbonyl (C=O) groups excluding carboxylic acids is 2. The second kappa shape index (κ2) is 19.7. The Morgan fingerprint density at radius 2 is 1.26 bits per heavy atom. The molecule has 0 amide bonds. The maximum absolute atomic E-state index is 14.7. The van der Waals surface area contributed by atoms with E-state index in [1.807, 2.05) is 27.7 Å². The Balaban J connectivity index is 1.41. The van der Waals surface area contributed by atoms with E-state index in [0.717, 1.165) is 0 Å². The predicted molar refractivity (Wildman–Crippen MR) is 213 cm³/mol. The third kappa shape index (κ3) is 10.9. The maximum atomic E-state index is 14.7. The minimum Gasteiger partial charge on any atom is -0.457 e. The van der Waals surface area contributed by atoms with Crippen molar-refractivity contribution >= 4 is 23.5 Å². The topological polar surface area (TPSA) is 157 Å². The first-order valence-corrected chi connectivity index (χ1v) is 21.7. The molecule has 0 spiro atoms. The quantitative estimate of drug-likeness (QED) is 0.127. The molecule has 0 aromatic heterocycles. The fourth-order valence-corrected chi connectivity index (χ4v) is 8.96. The van der Waals surface area contributed by atoms with E-state index in [0.29, 0.717) is 13.0 Å². The Labute approximate surface area is 361 Å². The highest BCUT2D eigenvalue weighted by Crippen LogP contribution is 2.44. The van der Waals surface area contributed by atoms with E-state index in [9.17, 15) is 22.8 Å². The van der Waals surface area contributed by atoms with E-state index >= 15 is 0 Å². The molecule has 5 aliphatic rings. The lowest BCUT2D eigenvalue weighted by atomic mass is 9.82. The number of hydrogen-bond acceptors (Lipinski definition) is 15. The van der Waals surface area contributed by atoms with Crippen molar-refractivity contribution in [2.75, 3.05) is 6.61 Å². The molecule has 1 aromatic carbocycles. The summed E-state index contributed by atoms with van der Waals surface area (Å²) in [4.78, 5) is 29.4. The molecule has 0 bridgehead atoms. The molecule has 8 unspecified atom stereocenters. The average Bonchev–Trinajstić information content (AvgIpc) is 3.53. The van der Waals surface area contributed by atoms with Gasteiger partial charge in [0.2, 0.25) is 6.29 Å². The van der Waals surface area contributed by atoms with Crippen molar-refractivity contribution in [3.05, 3.63) is 30.3 Å². The molecule has 5 aliphatic heterocycles. The van der Waals surface area contributed by atoms with E-state index in [2.05, 4.69) is 18.8 Å². The summed E-state index contributed by atoms with van der Waals surface area (Å²) in [5, 5.41) is 0. The van der Waals surface area contributed by atoms with Crippen LogP contribution >= 0.6 is 0 Å². The van der Waals surface area contributed by atoms with Crippen molar-refractivity contribution in [2.45, 2.75) is 188 Å². The molecule has 1 aromatic rings. The Bertz CT molecular complexity index is 1700. The Kier molecular flexibility index (Phi) is 15.4. The van der Waals surface area contributed by atoms with Gasteiger partial charge in [0.1, 0.15) is 24.4 Å². The molecule has 62 heavy (non-hydrogen) atoms. The number of aliphatic imine (C=N–C) groups is 1. The van der Waals surface area contributed by atoms with Gasteiger partial charge in [0, 0.05) is 25.7 Å². The van der Waals surface area contributed by atoms with Gasteiger partial charge in [0.15, 0.2) is 43.0 Å². The monoisotopic (exact) mass is 887 g/mol. The van der Waals surface area contributed by atoms with E-state index in [4.69, 9.17) is 56.8 Å². The lowest BCUT2D eigenvalue weighted by Crippen LogP contribution is -2.66. The van der Waals surface area contributed by atoms with Crippen LogP contribution < -0.4 is 0 Å². The van der Waals surface area contributed by atoms with Gasteiger partial charge in [-0.2, -0.15) is 13.2 Å². The zero-order chi connectivity index (χ0) is 45.4. The van der Waals surface area contributed by atoms with Crippen LogP contribution in [0.4, 0.5) is 18.9 Å². The molecular weight excluding hydrogens is 823 g/mol. The zero-order valence-corrected chi connectivity index (χ0v) is 37.6. The molecule has 0 saturated carbocycles. The van der Waals surface area contributed by atoms with Crippen LogP contribution in [-0.4, -0.2) is 123 Å². The van der Waals surface area contributed by atoms with Crippen molar-refractivity contribution in [1.82, 2.24) is 0 Å². The maximum Gasteiger partial charge on any atom is 0.468 e. The van der Waals surface area contributed by atoms with Crippen LogP contribution in [0.1, 0.15) is 89.5 Å². The molecule has 6 rings (SSSR count). The van der Waals surface area contributed by atoms with Gasteiger partial charge in [-0.3, -0.25) is 9.59 Å². The zero-order valence-electron chi connectivity index (χ0n) is 37.6. The first kappa shape index (κ1) is 48.5. The number of nitrogens with zero attached hydrogens (tertiary/aromatic N) is 1. The Morgan fingerprint density at radius 1 is 0.677 bits per heavy atom. The molecule has 18 heteroatoms. The second-order valence-electron chi connectivity index (χ2n) is 17.9. The summed E-state index contributed by atoms with van der Waals surface area (Å²) in [7, 11) is 0. The number of rotatable bonds is 11. The molecular formula is C44H64F3NO14. The van der Waals surface area contributed by atoms with Crippen molar-refractivity contribution in [1.29, 1.82) is 0 Å². The summed E-state index contributed by atoms with van der Waals surface area (Å²) in [5.74, 6) is -4.02. The summed E-state index contributed by atoms with van der Waals surface area (Å²) >= 11 is 0. The number of para-hydroxylation sites is 1. The summed E-state index contributed by atoms with van der Waals surface area (Å²) in [6.07, 6.45) is -19.9. The number of ether oxygens (including phenoxy) is 12. The van der Waals surface area contributed by atoms with Gasteiger partial charge in [-0.15, -0.1) is 0 Å². The standard InChI is InChI=1S/C44H64F3NO14/c1-13-30-22(4)23(5)31(54-27(9)49)39(56-30)58-34-32(57-38-24(6)21(3)20(2)19-51-38)25(7)52-40(36(34)55-28(10)50)59-37-35-33(61-43(11,12)62-35)26(8)53-41(37)60-42(44(45,46)47)48-29-17-15-14-16-18-29/h14-18,20-26,30-41H,13,19H2,1-12H3/t20-,21?,22+,23?,24+,25?,26?,30?,31+,32+,33+,34+,35?,36?,37+,38+,39+,40+,41?/m1/s1. The van der Waals surface area contributed by atoms with E-state index in [1.54, 1.807) is 45.9 Å². The number of esters is 2. The summed E-state index contributed by atoms with van der Waals surface area (Å²) in [6, 6.07) is 7.51. The number of hydrogen-bond donors (Lipinski definition) is 0. The molecule has 15 nitrogen and oxygen atoms in total. The largest absolute Gasteiger partial charge is 0.468 e. The lowest BCUT2D eigenvalue weighted by molar-refractivity contribution is -0.385. The molecule has 0 aliphatic carbocycles. The van der Waals surface area contributed by atoms with Crippen LogP contribution in [0.3, 0.4) is 0 Å². The highest BCUT2D eigenvalue weighted by molar-refractivity contribution is 5.84. The molecule has 0 N–H and O–H groups in total. The smallest absolute Gasteiger partial charge is 0.457 e. The minimum atomic E-state index is -5.06. The van der Waals surface area contributed by atoms with Crippen LogP contribution in [0.15, 0.2) is 35.3 Å². The first-order valence-electron chi connectivity index (χ1n) is 21.7. The number of alkyl halides is 3. The SMILES string of the molecule is CCC1O[C@@H](O[C@@H]2C(OC(C)=O)[C@H](O[C@@H]3C(OC(=Nc4ccccc4)C(F)(F)F)OC(C)[C@@H]4OC(C)(C)OC34)OC(C)[C@@H]2O[C@@H]2OC[C@@H](C)C(C)[C@@H]2C)[C@@H](OC(C)=O)C(C)[C@@H]1C. The summed E-state index contributed by atoms with van der Waals surface area (Å²) in [6.45, 7) is 21.7. The van der Waals surface area contributed by atoms with Crippen molar-refractivity contribution < 1.29 is 79.6 Å². The van der Waals surface area contributed by atoms with Crippen molar-refractivity contribution in [2.24, 2.45) is 34.6 Å². The van der Waals surface area contributed by atoms with E-state index in [1.165, 1.54) is 26.0 Å². The van der Waals surface area contributed by atoms with Gasteiger partial charge in [-0.25, -0.2) is 4.99 Å². The lowest BCUT2D eigenvalue weighted by Gasteiger charge is -2.51. The second-order valence-corrected chi connectivity index (χ2v) is 17.9. The highest BCUT2D eigenvalue weighted by Gasteiger charge is 2.60. The normalized spacial score (nSPS) is 42.4. The fourth-order valence-electron chi connectivity index (χ4n) is 8.96. The number of fused-ring (bicyclic) bond motifs is 1. The van der Waals surface area contributed by atoms with E-state index in [-0.39, 0.29) is 41.4 Å². The van der Waals surface area contributed by atoms with Gasteiger partial charge in [0.25, 0.3) is 5.90 Å². The summed E-state index contributed by atoms with van der Waals surface area (Å²) in [5.41, 5.74) is -0.0165. The molecule has 350 valence electrons. The average molecular weight is 888 g/mol. The van der Waals surface area contributed by atoms with Crippen molar-refractivity contribution in [3.8, 4) is 0 Å². The number of carbonyl (C=O) groups is 2. The molecule has 5 heterocycles. The van der Waals surface area contributed by atoms with Crippen molar-refractivity contribution in [3.63, 3.8) is 0 Å². The van der Waals surface area contributed by atoms with E-state index < -0.39 is 110 Å². The third-order valence-electron chi connectivity index (χ3n) is 12.8. The van der Waals surface area contributed by atoms with Crippen LogP contribution in [0, 0.1) is 29.6 Å². The van der Waals surface area contributed by atoms with Gasteiger partial charge in [0.05, 0.1) is 30.6 Å². The first-order chi connectivity index (χ1) is 29.1. The third-order valence-corrected chi connectivity index (χ3v) is 12.8. The van der Waals surface area contributed by atoms with Crippen LogP contribution in [0.5, 0.6) is 0 Å². The predicted octanol–water partition coefficient (Wildman–Crippen LogP) is 7.00. The highest BCUT2D eigenvalue weighted by atomic mass is 19.4. The molecule has 19 atom stereocenters. The molecule has 5 fully saturated rings. The Morgan fingerprint density at radius 3 is 1.89 bits per heavy atom. The van der Waals surface area contributed by atoms with Crippen LogP contribution in [0.25, 0.3) is 0 Å². The van der Waals surface area contributed by atoms with Gasteiger partial charge in [-0.1, -0.05) is 59.7 Å². The van der Waals surface area contributed by atoms with Gasteiger partial charge >= 0.3 is 18.1 Å².